The lowest BCUT2D eigenvalue weighted by molar-refractivity contribution is -0.0138. The third-order valence-corrected chi connectivity index (χ3v) is 4.34. The van der Waals surface area contributed by atoms with Gasteiger partial charge in [-0.2, -0.15) is 0 Å². The van der Waals surface area contributed by atoms with Crippen molar-refractivity contribution in [1.29, 1.82) is 0 Å². The molecule has 0 atom stereocenters. The van der Waals surface area contributed by atoms with Crippen LogP contribution in [0.4, 0.5) is 0 Å². The number of hydrogen-bond donors (Lipinski definition) is 1. The maximum absolute atomic E-state index is 10.7. The molecule has 1 N–H and O–H groups in total. The van der Waals surface area contributed by atoms with E-state index in [1.54, 1.807) is 0 Å². The molecule has 0 spiro atoms. The molecule has 0 amide bonds. The number of allylic oxidation sites excluding steroid dienone is 1. The van der Waals surface area contributed by atoms with Gasteiger partial charge < -0.3 is 5.11 Å². The van der Waals surface area contributed by atoms with Crippen LogP contribution in [0.3, 0.4) is 0 Å². The zero-order chi connectivity index (χ0) is 12.3. The summed E-state index contributed by atoms with van der Waals surface area (Å²) >= 11 is 3.42. The zero-order valence-electron chi connectivity index (χ0n) is 10.0. The first-order valence-corrected chi connectivity index (χ1v) is 7.03. The fourth-order valence-electron chi connectivity index (χ4n) is 2.68. The predicted octanol–water partition coefficient (Wildman–Crippen LogP) is 4.40. The summed E-state index contributed by atoms with van der Waals surface area (Å²) in [7, 11) is 0. The van der Waals surface area contributed by atoms with Gasteiger partial charge in [0.1, 0.15) is 0 Å². The van der Waals surface area contributed by atoms with Crippen LogP contribution in [0.5, 0.6) is 0 Å². The number of benzene rings is 1. The van der Waals surface area contributed by atoms with Crippen LogP contribution in [0.1, 0.15) is 37.7 Å². The maximum Gasteiger partial charge on any atom is 0.0896 e. The zero-order valence-corrected chi connectivity index (χ0v) is 11.6. The van der Waals surface area contributed by atoms with Crippen LogP contribution in [0.25, 0.3) is 0 Å². The lowest BCUT2D eigenvalue weighted by Crippen LogP contribution is -2.31. The maximum atomic E-state index is 10.7. The Hall–Kier alpha value is -0.600. The fourth-order valence-corrected chi connectivity index (χ4v) is 2.94. The Balaban J connectivity index is 2.06. The first-order chi connectivity index (χ1) is 8.14. The van der Waals surface area contributed by atoms with Gasteiger partial charge >= 0.3 is 0 Å². The van der Waals surface area contributed by atoms with Gasteiger partial charge in [0.15, 0.2) is 0 Å². The summed E-state index contributed by atoms with van der Waals surface area (Å²) in [6.07, 6.45) is 7.00. The molecule has 0 aliphatic heterocycles. The molecule has 0 bridgehead atoms. The highest BCUT2D eigenvalue weighted by Crippen LogP contribution is 2.40. The van der Waals surface area contributed by atoms with Crippen LogP contribution >= 0.6 is 15.9 Å². The van der Waals surface area contributed by atoms with Crippen molar-refractivity contribution in [2.45, 2.75) is 37.7 Å². The van der Waals surface area contributed by atoms with E-state index in [4.69, 9.17) is 0 Å². The highest BCUT2D eigenvalue weighted by Gasteiger charge is 2.34. The minimum atomic E-state index is -0.613. The van der Waals surface area contributed by atoms with Crippen molar-refractivity contribution in [3.8, 4) is 0 Å². The van der Waals surface area contributed by atoms with Crippen LogP contribution in [-0.4, -0.2) is 5.11 Å². The second kappa shape index (κ2) is 5.36. The molecule has 2 rings (SSSR count). The molecule has 1 nitrogen and oxygen atoms in total. The number of aliphatic hydroxyl groups is 1. The molecular weight excluding hydrogens is 276 g/mol. The van der Waals surface area contributed by atoms with Gasteiger partial charge in [-0.05, 0) is 55.7 Å². The van der Waals surface area contributed by atoms with E-state index in [-0.39, 0.29) is 0 Å². The number of rotatable bonds is 3. The topological polar surface area (TPSA) is 20.2 Å². The standard InChI is InChI=1S/C15H19BrO/c1-2-3-12-8-10-15(17,11-9-12)13-4-6-14(16)7-5-13/h2,4-7,12,17H,1,3,8-11H2/t12-,15-. The molecule has 1 aliphatic carbocycles. The Morgan fingerprint density at radius 1 is 1.29 bits per heavy atom. The summed E-state index contributed by atoms with van der Waals surface area (Å²) in [6, 6.07) is 8.06. The third-order valence-electron chi connectivity index (χ3n) is 3.81. The molecule has 1 aromatic rings. The van der Waals surface area contributed by atoms with Gasteiger partial charge in [-0.3, -0.25) is 0 Å². The molecule has 1 fully saturated rings. The summed E-state index contributed by atoms with van der Waals surface area (Å²) in [5.74, 6) is 0.711. The van der Waals surface area contributed by atoms with E-state index in [0.717, 1.165) is 42.1 Å². The molecule has 0 saturated heterocycles. The van der Waals surface area contributed by atoms with E-state index in [2.05, 4.69) is 22.5 Å². The van der Waals surface area contributed by atoms with Crippen molar-refractivity contribution in [1.82, 2.24) is 0 Å². The van der Waals surface area contributed by atoms with Gasteiger partial charge in [-0.25, -0.2) is 0 Å². The molecule has 1 saturated carbocycles. The van der Waals surface area contributed by atoms with E-state index in [1.165, 1.54) is 0 Å². The second-order valence-corrected chi connectivity index (χ2v) is 5.92. The summed E-state index contributed by atoms with van der Waals surface area (Å²) in [5.41, 5.74) is 0.441. The minimum Gasteiger partial charge on any atom is -0.385 e. The normalized spacial score (nSPS) is 28.9. The van der Waals surface area contributed by atoms with Gasteiger partial charge in [-0.15, -0.1) is 6.58 Å². The molecular formula is C15H19BrO. The first kappa shape index (κ1) is 12.8. The molecule has 92 valence electrons. The summed E-state index contributed by atoms with van der Waals surface area (Å²) in [6.45, 7) is 3.79. The van der Waals surface area contributed by atoms with Crippen molar-refractivity contribution in [3.05, 3.63) is 47.0 Å². The van der Waals surface area contributed by atoms with Crippen molar-refractivity contribution in [2.75, 3.05) is 0 Å². The SMILES string of the molecule is C=CC[C@H]1CC[C@@](O)(c2ccc(Br)cc2)CC1. The smallest absolute Gasteiger partial charge is 0.0896 e. The second-order valence-electron chi connectivity index (χ2n) is 5.01. The van der Waals surface area contributed by atoms with E-state index < -0.39 is 5.60 Å². The molecule has 17 heavy (non-hydrogen) atoms. The van der Waals surface area contributed by atoms with Crippen LogP contribution < -0.4 is 0 Å². The number of hydrogen-bond acceptors (Lipinski definition) is 1. The molecule has 0 aromatic heterocycles. The van der Waals surface area contributed by atoms with Gasteiger partial charge in [0, 0.05) is 4.47 Å². The van der Waals surface area contributed by atoms with Crippen LogP contribution in [0, 0.1) is 5.92 Å². The Bertz CT molecular complexity index is 374. The lowest BCUT2D eigenvalue weighted by atomic mass is 9.74. The van der Waals surface area contributed by atoms with Crippen molar-refractivity contribution in [3.63, 3.8) is 0 Å². The molecule has 1 aliphatic rings. The predicted molar refractivity (Wildman–Crippen MR) is 74.8 cm³/mol. The molecule has 0 radical (unpaired) electrons. The van der Waals surface area contributed by atoms with Gasteiger partial charge in [0.25, 0.3) is 0 Å². The monoisotopic (exact) mass is 294 g/mol. The van der Waals surface area contributed by atoms with Crippen LogP contribution in [-0.2, 0) is 5.60 Å². The highest BCUT2D eigenvalue weighted by molar-refractivity contribution is 9.10. The summed E-state index contributed by atoms with van der Waals surface area (Å²) in [4.78, 5) is 0. The summed E-state index contributed by atoms with van der Waals surface area (Å²) in [5, 5.41) is 10.7. The van der Waals surface area contributed by atoms with Crippen LogP contribution in [0.15, 0.2) is 41.4 Å². The minimum absolute atomic E-state index is 0.613. The average molecular weight is 295 g/mol. The molecule has 2 heteroatoms. The Morgan fingerprint density at radius 3 is 2.41 bits per heavy atom. The van der Waals surface area contributed by atoms with Crippen molar-refractivity contribution < 1.29 is 5.11 Å². The fraction of sp³-hybridized carbons (Fsp3) is 0.467. The molecule has 1 aromatic carbocycles. The van der Waals surface area contributed by atoms with Crippen molar-refractivity contribution in [2.24, 2.45) is 5.92 Å². The van der Waals surface area contributed by atoms with Gasteiger partial charge in [-0.1, -0.05) is 34.1 Å². The van der Waals surface area contributed by atoms with E-state index in [1.807, 2.05) is 30.3 Å². The lowest BCUT2D eigenvalue weighted by Gasteiger charge is -2.36. The van der Waals surface area contributed by atoms with E-state index in [9.17, 15) is 5.11 Å². The first-order valence-electron chi connectivity index (χ1n) is 6.23. The summed E-state index contributed by atoms with van der Waals surface area (Å²) < 4.78 is 1.06. The highest BCUT2D eigenvalue weighted by atomic mass is 79.9. The quantitative estimate of drug-likeness (QED) is 0.819. The number of halogens is 1. The molecule has 0 unspecified atom stereocenters. The Labute approximate surface area is 112 Å². The Morgan fingerprint density at radius 2 is 1.88 bits per heavy atom. The van der Waals surface area contributed by atoms with Crippen LogP contribution in [0.2, 0.25) is 0 Å². The third kappa shape index (κ3) is 2.99. The van der Waals surface area contributed by atoms with E-state index in [0.29, 0.717) is 5.92 Å². The van der Waals surface area contributed by atoms with Crippen molar-refractivity contribution >= 4 is 15.9 Å². The van der Waals surface area contributed by atoms with Gasteiger partial charge in [0.05, 0.1) is 5.60 Å². The molecule has 0 heterocycles. The average Bonchev–Trinajstić information content (AvgIpc) is 2.33. The largest absolute Gasteiger partial charge is 0.385 e. The Kier molecular flexibility index (Phi) is 4.05. The van der Waals surface area contributed by atoms with Gasteiger partial charge in [0.2, 0.25) is 0 Å². The van der Waals surface area contributed by atoms with E-state index >= 15 is 0 Å².